The Morgan fingerprint density at radius 3 is 2.75 bits per heavy atom. The van der Waals surface area contributed by atoms with Crippen LogP contribution < -0.4 is 5.32 Å². The first-order valence-corrected chi connectivity index (χ1v) is 8.26. The van der Waals surface area contributed by atoms with Crippen LogP contribution >= 0.6 is 11.6 Å². The molecule has 1 heterocycles. The highest BCUT2D eigenvalue weighted by Crippen LogP contribution is 2.30. The highest BCUT2D eigenvalue weighted by molar-refractivity contribution is 6.35. The van der Waals surface area contributed by atoms with Crippen LogP contribution in [-0.2, 0) is 11.2 Å². The van der Waals surface area contributed by atoms with Gasteiger partial charge in [0, 0.05) is 18.0 Å². The molecule has 2 aromatic carbocycles. The topological polar surface area (TPSA) is 55.1 Å². The van der Waals surface area contributed by atoms with E-state index < -0.39 is 0 Å². The third-order valence-electron chi connectivity index (χ3n) is 3.92. The van der Waals surface area contributed by atoms with Crippen LogP contribution in [0, 0.1) is 12.8 Å². The smallest absolute Gasteiger partial charge is 0.300 e. The van der Waals surface area contributed by atoms with Crippen molar-refractivity contribution in [2.45, 2.75) is 27.2 Å². The maximum atomic E-state index is 11.9. The number of anilines is 2. The van der Waals surface area contributed by atoms with Gasteiger partial charge >= 0.3 is 0 Å². The molecule has 0 fully saturated rings. The Hall–Kier alpha value is -2.33. The summed E-state index contributed by atoms with van der Waals surface area (Å²) in [6.07, 6.45) is 0.342. The van der Waals surface area contributed by atoms with Crippen molar-refractivity contribution in [1.29, 1.82) is 0 Å². The maximum absolute atomic E-state index is 11.9. The summed E-state index contributed by atoms with van der Waals surface area (Å²) in [7, 11) is 0. The first kappa shape index (κ1) is 16.5. The van der Waals surface area contributed by atoms with Gasteiger partial charge < -0.3 is 9.73 Å². The van der Waals surface area contributed by atoms with Gasteiger partial charge in [-0.15, -0.1) is 0 Å². The highest BCUT2D eigenvalue weighted by Gasteiger charge is 2.14. The predicted octanol–water partition coefficient (Wildman–Crippen LogP) is 5.30. The number of hydrogen-bond donors (Lipinski definition) is 1. The van der Waals surface area contributed by atoms with Crippen LogP contribution in [0.3, 0.4) is 0 Å². The Labute approximate surface area is 145 Å². The molecule has 0 radical (unpaired) electrons. The van der Waals surface area contributed by atoms with Crippen molar-refractivity contribution in [3.63, 3.8) is 0 Å². The molecular weight excluding hydrogens is 324 g/mol. The number of aromatic nitrogens is 1. The van der Waals surface area contributed by atoms with E-state index in [0.717, 1.165) is 16.8 Å². The minimum atomic E-state index is -0.00696. The Morgan fingerprint density at radius 1 is 1.29 bits per heavy atom. The van der Waals surface area contributed by atoms with E-state index in [1.54, 1.807) is 6.07 Å². The van der Waals surface area contributed by atoms with Gasteiger partial charge in [-0.3, -0.25) is 4.79 Å². The SMILES string of the molecule is Cc1ccccc1Nc1nc2c(Cl)cc(CC(=O)C(C)C)cc2o1. The molecule has 124 valence electrons. The summed E-state index contributed by atoms with van der Waals surface area (Å²) in [5.41, 5.74) is 4.02. The number of ketones is 1. The van der Waals surface area contributed by atoms with Crippen molar-refractivity contribution in [1.82, 2.24) is 4.98 Å². The van der Waals surface area contributed by atoms with Gasteiger partial charge in [-0.1, -0.05) is 43.6 Å². The quantitative estimate of drug-likeness (QED) is 0.683. The zero-order valence-electron chi connectivity index (χ0n) is 13.9. The highest BCUT2D eigenvalue weighted by atomic mass is 35.5. The first-order chi connectivity index (χ1) is 11.4. The van der Waals surface area contributed by atoms with Gasteiger partial charge in [-0.05, 0) is 36.2 Å². The van der Waals surface area contributed by atoms with Crippen LogP contribution in [-0.4, -0.2) is 10.8 Å². The van der Waals surface area contributed by atoms with Gasteiger partial charge in [0.05, 0.1) is 5.02 Å². The molecular formula is C19H19ClN2O2. The summed E-state index contributed by atoms with van der Waals surface area (Å²) < 4.78 is 5.77. The fourth-order valence-electron chi connectivity index (χ4n) is 2.43. The van der Waals surface area contributed by atoms with Crippen LogP contribution in [0.2, 0.25) is 5.02 Å². The van der Waals surface area contributed by atoms with Gasteiger partial charge in [0.15, 0.2) is 5.58 Å². The standard InChI is InChI=1S/C19H19ClN2O2/c1-11(2)16(23)9-13-8-14(20)18-17(10-13)24-19(22-18)21-15-7-5-4-6-12(15)3/h4-8,10-11H,9H2,1-3H3,(H,21,22). The van der Waals surface area contributed by atoms with Crippen molar-refractivity contribution in [3.05, 3.63) is 52.5 Å². The summed E-state index contributed by atoms with van der Waals surface area (Å²) in [5.74, 6) is 0.163. The van der Waals surface area contributed by atoms with Crippen molar-refractivity contribution in [2.75, 3.05) is 5.32 Å². The lowest BCUT2D eigenvalue weighted by molar-refractivity contribution is -0.121. The van der Waals surface area contributed by atoms with Crippen LogP contribution in [0.15, 0.2) is 40.8 Å². The number of rotatable bonds is 5. The summed E-state index contributed by atoms with van der Waals surface area (Å²) in [4.78, 5) is 16.4. The van der Waals surface area contributed by atoms with E-state index in [-0.39, 0.29) is 11.7 Å². The predicted molar refractivity (Wildman–Crippen MR) is 97.0 cm³/mol. The van der Waals surface area contributed by atoms with Crippen LogP contribution in [0.4, 0.5) is 11.7 Å². The largest absolute Gasteiger partial charge is 0.423 e. The third-order valence-corrected chi connectivity index (χ3v) is 4.21. The zero-order chi connectivity index (χ0) is 17.3. The number of aryl methyl sites for hydroxylation is 1. The van der Waals surface area contributed by atoms with Gasteiger partial charge in [-0.2, -0.15) is 4.98 Å². The summed E-state index contributed by atoms with van der Waals surface area (Å²) in [5, 5.41) is 3.65. The lowest BCUT2D eigenvalue weighted by Gasteiger charge is -2.04. The Bertz CT molecular complexity index is 900. The summed E-state index contributed by atoms with van der Waals surface area (Å²) >= 11 is 6.31. The number of hydrogen-bond acceptors (Lipinski definition) is 4. The molecule has 1 aromatic heterocycles. The molecule has 0 aliphatic heterocycles. The molecule has 0 saturated carbocycles. The number of Topliss-reactive ketones (excluding diaryl/α,β-unsaturated/α-hetero) is 1. The van der Waals surface area contributed by atoms with Crippen molar-refractivity contribution in [2.24, 2.45) is 5.92 Å². The van der Waals surface area contributed by atoms with E-state index >= 15 is 0 Å². The van der Waals surface area contributed by atoms with Gasteiger partial charge in [-0.25, -0.2) is 0 Å². The molecule has 0 aliphatic carbocycles. The molecule has 3 aromatic rings. The van der Waals surface area contributed by atoms with Crippen molar-refractivity contribution >= 4 is 40.2 Å². The van der Waals surface area contributed by atoms with Gasteiger partial charge in [0.1, 0.15) is 11.3 Å². The second-order valence-electron chi connectivity index (χ2n) is 6.18. The van der Waals surface area contributed by atoms with E-state index in [9.17, 15) is 4.79 Å². The van der Waals surface area contributed by atoms with Crippen molar-refractivity contribution in [3.8, 4) is 0 Å². The average molecular weight is 343 g/mol. The van der Waals surface area contributed by atoms with E-state index in [1.807, 2.05) is 51.1 Å². The second kappa shape index (κ2) is 6.65. The number of nitrogens with one attached hydrogen (secondary N) is 1. The minimum absolute atomic E-state index is 0.00696. The lowest BCUT2D eigenvalue weighted by atomic mass is 10.0. The fourth-order valence-corrected chi connectivity index (χ4v) is 2.71. The molecule has 0 bridgehead atoms. The molecule has 0 unspecified atom stereocenters. The fraction of sp³-hybridized carbons (Fsp3) is 0.263. The van der Waals surface area contributed by atoms with E-state index in [0.29, 0.717) is 28.6 Å². The molecule has 0 saturated heterocycles. The number of oxazole rings is 1. The van der Waals surface area contributed by atoms with Gasteiger partial charge in [0.25, 0.3) is 6.01 Å². The second-order valence-corrected chi connectivity index (χ2v) is 6.59. The first-order valence-electron chi connectivity index (χ1n) is 7.88. The maximum Gasteiger partial charge on any atom is 0.300 e. The number of para-hydroxylation sites is 1. The molecule has 5 heteroatoms. The molecule has 24 heavy (non-hydrogen) atoms. The van der Waals surface area contributed by atoms with E-state index in [2.05, 4.69) is 10.3 Å². The molecule has 0 spiro atoms. The van der Waals surface area contributed by atoms with Crippen LogP contribution in [0.25, 0.3) is 11.1 Å². The summed E-state index contributed by atoms with van der Waals surface area (Å²) in [6, 6.07) is 11.9. The van der Waals surface area contributed by atoms with Gasteiger partial charge in [0.2, 0.25) is 0 Å². The molecule has 4 nitrogen and oxygen atoms in total. The molecule has 0 amide bonds. The zero-order valence-corrected chi connectivity index (χ0v) is 14.6. The number of benzene rings is 2. The number of fused-ring (bicyclic) bond motifs is 1. The minimum Gasteiger partial charge on any atom is -0.423 e. The Kier molecular flexibility index (Phi) is 4.58. The van der Waals surface area contributed by atoms with Crippen LogP contribution in [0.5, 0.6) is 0 Å². The molecule has 0 atom stereocenters. The number of carbonyl (C=O) groups is 1. The molecule has 3 rings (SSSR count). The Morgan fingerprint density at radius 2 is 2.04 bits per heavy atom. The van der Waals surface area contributed by atoms with Crippen LogP contribution in [0.1, 0.15) is 25.0 Å². The summed E-state index contributed by atoms with van der Waals surface area (Å²) in [6.45, 7) is 5.79. The van der Waals surface area contributed by atoms with E-state index in [1.165, 1.54) is 0 Å². The normalized spacial score (nSPS) is 11.2. The number of halogens is 1. The Balaban J connectivity index is 1.92. The lowest BCUT2D eigenvalue weighted by Crippen LogP contribution is -2.10. The molecule has 1 N–H and O–H groups in total. The van der Waals surface area contributed by atoms with E-state index in [4.69, 9.17) is 16.0 Å². The average Bonchev–Trinajstić information content (AvgIpc) is 2.92. The monoisotopic (exact) mass is 342 g/mol. The van der Waals surface area contributed by atoms with Crippen molar-refractivity contribution < 1.29 is 9.21 Å². The molecule has 0 aliphatic rings. The number of nitrogens with zero attached hydrogens (tertiary/aromatic N) is 1. The third kappa shape index (κ3) is 3.44. The number of carbonyl (C=O) groups excluding carboxylic acids is 1.